The van der Waals surface area contributed by atoms with Crippen LogP contribution >= 0.6 is 23.2 Å². The number of piperidine rings is 1. The van der Waals surface area contributed by atoms with Crippen LogP contribution in [-0.2, 0) is 4.79 Å². The molecule has 0 spiro atoms. The van der Waals surface area contributed by atoms with E-state index in [0.29, 0.717) is 6.54 Å². The third-order valence-electron chi connectivity index (χ3n) is 2.17. The van der Waals surface area contributed by atoms with Crippen molar-refractivity contribution in [1.29, 1.82) is 0 Å². The van der Waals surface area contributed by atoms with Gasteiger partial charge in [-0.15, -0.1) is 0 Å². The third kappa shape index (κ3) is 2.70. The number of carbonyl (C=O) groups excluding carboxylic acids is 1. The van der Waals surface area contributed by atoms with Crippen LogP contribution in [0, 0.1) is 0 Å². The van der Waals surface area contributed by atoms with Crippen LogP contribution < -0.4 is 10.6 Å². The molecule has 0 saturated carbocycles. The first-order valence-corrected chi connectivity index (χ1v) is 5.52. The molecule has 1 aromatic rings. The van der Waals surface area contributed by atoms with E-state index in [2.05, 4.69) is 25.6 Å². The molecule has 1 atom stereocenters. The summed E-state index contributed by atoms with van der Waals surface area (Å²) in [5, 5.41) is 5.61. The summed E-state index contributed by atoms with van der Waals surface area (Å²) in [5.74, 6) is 0.144. The molecule has 0 radical (unpaired) electrons. The van der Waals surface area contributed by atoms with Crippen LogP contribution in [-0.4, -0.2) is 33.4 Å². The van der Waals surface area contributed by atoms with Gasteiger partial charge >= 0.3 is 0 Å². The predicted molar refractivity (Wildman–Crippen MR) is 59.5 cm³/mol. The van der Waals surface area contributed by atoms with Gasteiger partial charge in [-0.05, 0) is 36.0 Å². The van der Waals surface area contributed by atoms with Crippen molar-refractivity contribution in [3.05, 3.63) is 10.6 Å². The lowest BCUT2D eigenvalue weighted by molar-refractivity contribution is -0.123. The summed E-state index contributed by atoms with van der Waals surface area (Å²) in [6.07, 6.45) is 1.64. The number of hydrogen-bond acceptors (Lipinski definition) is 5. The monoisotopic (exact) mass is 261 g/mol. The minimum atomic E-state index is -0.344. The van der Waals surface area contributed by atoms with E-state index in [1.54, 1.807) is 0 Å². The lowest BCUT2D eigenvalue weighted by atomic mass is 10.1. The van der Waals surface area contributed by atoms with E-state index in [-0.39, 0.29) is 28.5 Å². The predicted octanol–water partition coefficient (Wildman–Crippen LogP) is 0.869. The summed E-state index contributed by atoms with van der Waals surface area (Å²) in [7, 11) is 0. The normalized spacial score (nSPS) is 20.4. The van der Waals surface area contributed by atoms with E-state index in [1.165, 1.54) is 0 Å². The van der Waals surface area contributed by atoms with Crippen molar-refractivity contribution in [1.82, 2.24) is 20.3 Å². The van der Waals surface area contributed by atoms with Crippen molar-refractivity contribution < 1.29 is 4.79 Å². The Morgan fingerprint density at radius 2 is 1.94 bits per heavy atom. The largest absolute Gasteiger partial charge is 0.354 e. The van der Waals surface area contributed by atoms with Crippen molar-refractivity contribution in [3.63, 3.8) is 0 Å². The molecule has 1 saturated heterocycles. The fourth-order valence-corrected chi connectivity index (χ4v) is 1.82. The van der Waals surface area contributed by atoms with Gasteiger partial charge < -0.3 is 10.6 Å². The van der Waals surface area contributed by atoms with Gasteiger partial charge in [0.2, 0.25) is 22.4 Å². The summed E-state index contributed by atoms with van der Waals surface area (Å²) >= 11 is 11.2. The maximum Gasteiger partial charge on any atom is 0.242 e. The van der Waals surface area contributed by atoms with E-state index >= 15 is 0 Å². The summed E-state index contributed by atoms with van der Waals surface area (Å²) in [4.78, 5) is 22.7. The van der Waals surface area contributed by atoms with E-state index in [9.17, 15) is 4.79 Å². The molecule has 1 amide bonds. The van der Waals surface area contributed by atoms with Crippen LogP contribution in [0.25, 0.3) is 0 Å². The third-order valence-corrected chi connectivity index (χ3v) is 2.51. The van der Waals surface area contributed by atoms with Crippen LogP contribution in [0.5, 0.6) is 0 Å². The Labute approximate surface area is 102 Å². The second kappa shape index (κ2) is 4.80. The Morgan fingerprint density at radius 1 is 1.25 bits per heavy atom. The fourth-order valence-electron chi connectivity index (χ4n) is 1.46. The minimum Gasteiger partial charge on any atom is -0.354 e. The van der Waals surface area contributed by atoms with Gasteiger partial charge in [0.1, 0.15) is 6.04 Å². The number of aromatic nitrogens is 3. The molecule has 0 aromatic carbocycles. The van der Waals surface area contributed by atoms with Gasteiger partial charge in [-0.25, -0.2) is 0 Å². The van der Waals surface area contributed by atoms with Crippen LogP contribution in [0.2, 0.25) is 10.6 Å². The highest BCUT2D eigenvalue weighted by Gasteiger charge is 2.22. The lowest BCUT2D eigenvalue weighted by Gasteiger charge is -2.22. The highest BCUT2D eigenvalue weighted by molar-refractivity contribution is 6.31. The molecule has 2 N–H and O–H groups in total. The van der Waals surface area contributed by atoms with E-state index in [0.717, 1.165) is 12.8 Å². The average molecular weight is 262 g/mol. The molecule has 2 heterocycles. The molecule has 16 heavy (non-hydrogen) atoms. The molecule has 8 heteroatoms. The zero-order valence-corrected chi connectivity index (χ0v) is 9.72. The summed E-state index contributed by atoms with van der Waals surface area (Å²) in [6, 6.07) is -0.344. The molecule has 1 aromatic heterocycles. The number of amides is 1. The maximum absolute atomic E-state index is 11.5. The zero-order valence-electron chi connectivity index (χ0n) is 8.20. The SMILES string of the molecule is O=C1NCCCC1Nc1nc(Cl)nc(Cl)n1. The first kappa shape index (κ1) is 11.3. The molecule has 0 aliphatic carbocycles. The fraction of sp³-hybridized carbons (Fsp3) is 0.500. The molecule has 86 valence electrons. The number of halogens is 2. The Morgan fingerprint density at radius 3 is 2.56 bits per heavy atom. The summed E-state index contributed by atoms with van der Waals surface area (Å²) in [5.41, 5.74) is 0. The average Bonchev–Trinajstić information content (AvgIpc) is 2.20. The minimum absolute atomic E-state index is 0.00119. The van der Waals surface area contributed by atoms with Crippen molar-refractivity contribution in [2.45, 2.75) is 18.9 Å². The Hall–Kier alpha value is -1.14. The lowest BCUT2D eigenvalue weighted by Crippen LogP contribution is -2.44. The number of carbonyl (C=O) groups is 1. The van der Waals surface area contributed by atoms with Crippen molar-refractivity contribution in [2.24, 2.45) is 0 Å². The first-order valence-electron chi connectivity index (χ1n) is 4.76. The molecule has 6 nitrogen and oxygen atoms in total. The van der Waals surface area contributed by atoms with Gasteiger partial charge in [0.15, 0.2) is 0 Å². The molecule has 1 aliphatic rings. The molecule has 0 bridgehead atoms. The number of nitrogens with one attached hydrogen (secondary N) is 2. The maximum atomic E-state index is 11.5. The Kier molecular flexibility index (Phi) is 3.40. The van der Waals surface area contributed by atoms with Gasteiger partial charge in [0.25, 0.3) is 0 Å². The van der Waals surface area contributed by atoms with Crippen LogP contribution in [0.1, 0.15) is 12.8 Å². The molecular formula is C8H9Cl2N5O. The van der Waals surface area contributed by atoms with Crippen LogP contribution in [0.3, 0.4) is 0 Å². The molecular weight excluding hydrogens is 253 g/mol. The standard InChI is InChI=1S/C8H9Cl2N5O/c9-6-13-7(10)15-8(14-6)12-4-2-1-3-11-5(4)16/h4H,1-3H2,(H,11,16)(H,12,13,14,15). The summed E-state index contributed by atoms with van der Waals surface area (Å²) < 4.78 is 0. The molecule has 1 fully saturated rings. The topological polar surface area (TPSA) is 79.8 Å². The van der Waals surface area contributed by atoms with Gasteiger partial charge in [-0.2, -0.15) is 15.0 Å². The number of anilines is 1. The van der Waals surface area contributed by atoms with Crippen LogP contribution in [0.15, 0.2) is 0 Å². The smallest absolute Gasteiger partial charge is 0.242 e. The molecule has 2 rings (SSSR count). The van der Waals surface area contributed by atoms with Gasteiger partial charge in [0, 0.05) is 6.54 Å². The van der Waals surface area contributed by atoms with Crippen molar-refractivity contribution >= 4 is 35.1 Å². The Balaban J connectivity index is 2.10. The zero-order chi connectivity index (χ0) is 11.5. The molecule has 1 aliphatic heterocycles. The van der Waals surface area contributed by atoms with Crippen molar-refractivity contribution in [2.75, 3.05) is 11.9 Å². The highest BCUT2D eigenvalue weighted by Crippen LogP contribution is 2.13. The Bertz CT molecular complexity index is 393. The van der Waals surface area contributed by atoms with Gasteiger partial charge in [0.05, 0.1) is 0 Å². The second-order valence-corrected chi connectivity index (χ2v) is 4.00. The van der Waals surface area contributed by atoms with Crippen molar-refractivity contribution in [3.8, 4) is 0 Å². The number of nitrogens with zero attached hydrogens (tertiary/aromatic N) is 3. The number of hydrogen-bond donors (Lipinski definition) is 2. The summed E-state index contributed by atoms with van der Waals surface area (Å²) in [6.45, 7) is 0.704. The first-order chi connectivity index (χ1) is 7.65. The number of rotatable bonds is 2. The quantitative estimate of drug-likeness (QED) is 0.826. The van der Waals surface area contributed by atoms with Gasteiger partial charge in [-0.1, -0.05) is 0 Å². The van der Waals surface area contributed by atoms with Crippen LogP contribution in [0.4, 0.5) is 5.95 Å². The van der Waals surface area contributed by atoms with Gasteiger partial charge in [-0.3, -0.25) is 4.79 Å². The second-order valence-electron chi connectivity index (χ2n) is 3.33. The van der Waals surface area contributed by atoms with E-state index in [4.69, 9.17) is 23.2 Å². The molecule has 1 unspecified atom stereocenters. The van der Waals surface area contributed by atoms with E-state index in [1.807, 2.05) is 0 Å². The van der Waals surface area contributed by atoms with E-state index < -0.39 is 0 Å². The highest BCUT2D eigenvalue weighted by atomic mass is 35.5.